The summed E-state index contributed by atoms with van der Waals surface area (Å²) in [4.78, 5) is 12.3. The number of halogens is 9. The predicted octanol–water partition coefficient (Wildman–Crippen LogP) is 6.25. The number of hydrogen-bond acceptors (Lipinski definition) is 3. The van der Waals surface area contributed by atoms with E-state index in [0.717, 1.165) is 11.1 Å². The van der Waals surface area contributed by atoms with Crippen molar-refractivity contribution < 1.29 is 53.1 Å². The fourth-order valence-electron chi connectivity index (χ4n) is 3.33. The zero-order valence-corrected chi connectivity index (χ0v) is 18.8. The average Bonchev–Trinajstić information content (AvgIpc) is 3.25. The van der Waals surface area contributed by atoms with Crippen molar-refractivity contribution >= 4 is 29.3 Å². The van der Waals surface area contributed by atoms with Crippen LogP contribution in [-0.2, 0) is 18.9 Å². The van der Waals surface area contributed by atoms with Crippen LogP contribution < -0.4 is 10.0 Å². The molecule has 0 unspecified atom stereocenters. The Morgan fingerprint density at radius 2 is 1.42 bits per heavy atom. The fourth-order valence-corrected chi connectivity index (χ4v) is 3.33. The lowest BCUT2D eigenvalue weighted by Crippen LogP contribution is -2.36. The van der Waals surface area contributed by atoms with E-state index in [-0.39, 0.29) is 30.5 Å². The molecule has 0 amide bonds. The molecular weight excluding hydrogens is 530 g/mol. The summed E-state index contributed by atoms with van der Waals surface area (Å²) in [7, 11) is 0. The van der Waals surface area contributed by atoms with E-state index in [1.54, 1.807) is 28.8 Å². The highest BCUT2D eigenvalue weighted by molar-refractivity contribution is 6.73. The Morgan fingerprint density at radius 3 is 1.97 bits per heavy atom. The van der Waals surface area contributed by atoms with Crippen molar-refractivity contribution in [1.82, 2.24) is 0 Å². The molecule has 0 saturated heterocycles. The molecule has 3 aromatic carbocycles. The molecule has 0 aliphatic rings. The third-order valence-electron chi connectivity index (χ3n) is 5.13. The predicted molar refractivity (Wildman–Crippen MR) is 117 cm³/mol. The minimum absolute atomic E-state index is 0.112. The summed E-state index contributed by atoms with van der Waals surface area (Å²) in [6, 6.07) is 15.3. The summed E-state index contributed by atoms with van der Waals surface area (Å²) in [6.07, 6.45) is -9.04. The molecule has 1 heterocycles. The number of para-hydroxylation sites is 2. The highest BCUT2D eigenvalue weighted by atomic mass is 19.4. The summed E-state index contributed by atoms with van der Waals surface area (Å²) in [5.41, 5.74) is -3.47. The molecule has 14 heteroatoms. The quantitative estimate of drug-likeness (QED) is 0.132. The summed E-state index contributed by atoms with van der Waals surface area (Å²) < 4.78 is 117. The summed E-state index contributed by atoms with van der Waals surface area (Å²) in [6.45, 7) is -5.80. The number of hydrogen-bond donors (Lipinski definition) is 0. The van der Waals surface area contributed by atoms with Gasteiger partial charge in [0.05, 0.1) is 22.8 Å². The molecular formula is C24H14BF9N2O2. The van der Waals surface area contributed by atoms with Crippen molar-refractivity contribution in [2.45, 2.75) is 18.9 Å². The van der Waals surface area contributed by atoms with Crippen LogP contribution in [0.2, 0.25) is 0 Å². The number of aromatic nitrogens is 1. The second kappa shape index (κ2) is 10.6. The van der Waals surface area contributed by atoms with Gasteiger partial charge >= 0.3 is 25.7 Å². The molecule has 4 aromatic rings. The molecule has 4 rings (SSSR count). The molecule has 0 spiro atoms. The Kier molecular flexibility index (Phi) is 7.90. The van der Waals surface area contributed by atoms with Crippen LogP contribution in [0.3, 0.4) is 0 Å². The highest BCUT2D eigenvalue weighted by Gasteiger charge is 2.39. The molecule has 0 N–H and O–H groups in total. The first-order chi connectivity index (χ1) is 17.6. The van der Waals surface area contributed by atoms with E-state index in [1.165, 1.54) is 6.39 Å². The number of nitriles is 1. The molecule has 0 aliphatic heterocycles. The lowest BCUT2D eigenvalue weighted by molar-refractivity contribution is -0.662. The smallest absolute Gasteiger partial charge is 0.445 e. The van der Waals surface area contributed by atoms with Gasteiger partial charge in [-0.2, -0.15) is 36.2 Å². The van der Waals surface area contributed by atoms with E-state index in [4.69, 9.17) is 9.68 Å². The summed E-state index contributed by atoms with van der Waals surface area (Å²) >= 11 is 0. The number of ketones is 1. The maximum Gasteiger partial charge on any atom is 0.509 e. The zero-order chi connectivity index (χ0) is 28.3. The Balaban J connectivity index is 0.000000212. The number of nitrogens with zero attached hydrogens (tertiary/aromatic N) is 2. The first-order valence-corrected chi connectivity index (χ1v) is 10.5. The highest BCUT2D eigenvalue weighted by Crippen LogP contribution is 2.35. The number of rotatable bonds is 4. The maximum absolute atomic E-state index is 12.3. The molecule has 0 radical (unpaired) electrons. The van der Waals surface area contributed by atoms with Crippen molar-refractivity contribution in [2.24, 2.45) is 0 Å². The number of carbonyl (C=O) groups excluding carboxylic acids is 1. The van der Waals surface area contributed by atoms with Crippen molar-refractivity contribution in [1.29, 1.82) is 5.26 Å². The van der Waals surface area contributed by atoms with Gasteiger partial charge in [0, 0.05) is 11.6 Å². The van der Waals surface area contributed by atoms with E-state index in [1.807, 2.05) is 30.3 Å². The second-order valence-corrected chi connectivity index (χ2v) is 7.81. The molecule has 0 aliphatic carbocycles. The van der Waals surface area contributed by atoms with Crippen LogP contribution in [0.25, 0.3) is 11.1 Å². The number of benzene rings is 3. The number of fused-ring (bicyclic) bond motifs is 1. The first kappa shape index (κ1) is 28.3. The fraction of sp³-hybridized carbons (Fsp3) is 0.125. The molecule has 0 saturated carbocycles. The Labute approximate surface area is 208 Å². The standard InChI is InChI=1S/C16H11N2O2.C8H3BF9/c17-9-12-5-1-2-6-13(12)15(19)10-18-11-20-16-8-4-3-7-14(16)18;10-7(11,12)4-1-5(8(13,14)15)3-6(2-4)9(16,17)18/h1-8,11H,10H2;1-3H/q+1;-1. The molecule has 198 valence electrons. The molecule has 0 bridgehead atoms. The number of Topliss-reactive ketones (excluding diaryl/α,β-unsaturated/α-hetero) is 1. The normalized spacial score (nSPS) is 12.0. The lowest BCUT2D eigenvalue weighted by atomic mass is 9.78. The molecule has 0 atom stereocenters. The lowest BCUT2D eigenvalue weighted by Gasteiger charge is -2.19. The number of oxazole rings is 1. The minimum atomic E-state index is -5.95. The van der Waals surface area contributed by atoms with Gasteiger partial charge in [-0.25, -0.2) is 0 Å². The van der Waals surface area contributed by atoms with Gasteiger partial charge < -0.3 is 17.4 Å². The van der Waals surface area contributed by atoms with Gasteiger partial charge in [0.15, 0.2) is 0 Å². The van der Waals surface area contributed by atoms with Crippen LogP contribution >= 0.6 is 0 Å². The SMILES string of the molecule is F[B-](F)(F)c1cc(C(F)(F)F)cc(C(F)(F)F)c1.N#Cc1ccccc1C(=O)C[n+]1coc2ccccc21. The molecule has 1 aromatic heterocycles. The molecule has 0 fully saturated rings. The second-order valence-electron chi connectivity index (χ2n) is 7.81. The van der Waals surface area contributed by atoms with Gasteiger partial charge in [-0.05, 0) is 24.3 Å². The Bertz CT molecular complexity index is 1420. The van der Waals surface area contributed by atoms with E-state index < -0.39 is 35.9 Å². The van der Waals surface area contributed by atoms with Crippen LogP contribution in [0.15, 0.2) is 77.5 Å². The molecule has 4 nitrogen and oxygen atoms in total. The Morgan fingerprint density at radius 1 is 0.868 bits per heavy atom. The number of alkyl halides is 6. The van der Waals surface area contributed by atoms with Gasteiger partial charge in [-0.15, -0.1) is 5.46 Å². The van der Waals surface area contributed by atoms with E-state index in [2.05, 4.69) is 0 Å². The van der Waals surface area contributed by atoms with E-state index >= 15 is 0 Å². The topological polar surface area (TPSA) is 57.9 Å². The Hall–Kier alpha value is -4.28. The van der Waals surface area contributed by atoms with Crippen molar-refractivity contribution in [3.8, 4) is 6.07 Å². The summed E-state index contributed by atoms with van der Waals surface area (Å²) in [5, 5.41) is 9.04. The van der Waals surface area contributed by atoms with Crippen LogP contribution in [0.5, 0.6) is 0 Å². The van der Waals surface area contributed by atoms with E-state index in [9.17, 15) is 44.1 Å². The average molecular weight is 544 g/mol. The number of carbonyl (C=O) groups is 1. The van der Waals surface area contributed by atoms with E-state index in [0.29, 0.717) is 11.1 Å². The zero-order valence-electron chi connectivity index (χ0n) is 18.8. The maximum atomic E-state index is 12.3. The van der Waals surface area contributed by atoms with Gasteiger partial charge in [0.2, 0.25) is 17.9 Å². The van der Waals surface area contributed by atoms with Gasteiger partial charge in [0.25, 0.3) is 5.52 Å². The summed E-state index contributed by atoms with van der Waals surface area (Å²) in [5.74, 6) is -0.112. The third kappa shape index (κ3) is 6.73. The van der Waals surface area contributed by atoms with Gasteiger partial charge in [-0.3, -0.25) is 4.79 Å². The van der Waals surface area contributed by atoms with Crippen LogP contribution in [0.1, 0.15) is 27.0 Å². The van der Waals surface area contributed by atoms with Crippen LogP contribution in [0.4, 0.5) is 39.3 Å². The van der Waals surface area contributed by atoms with Gasteiger partial charge in [0.1, 0.15) is 0 Å². The van der Waals surface area contributed by atoms with Crippen molar-refractivity contribution in [2.75, 3.05) is 0 Å². The first-order valence-electron chi connectivity index (χ1n) is 10.5. The largest absolute Gasteiger partial charge is 0.509 e. The van der Waals surface area contributed by atoms with Crippen LogP contribution in [-0.4, -0.2) is 12.8 Å². The van der Waals surface area contributed by atoms with Crippen molar-refractivity contribution in [3.05, 3.63) is 95.4 Å². The monoisotopic (exact) mass is 544 g/mol. The van der Waals surface area contributed by atoms with Crippen molar-refractivity contribution in [3.63, 3.8) is 0 Å². The van der Waals surface area contributed by atoms with Gasteiger partial charge in [-0.1, -0.05) is 36.4 Å². The third-order valence-corrected chi connectivity index (χ3v) is 5.13. The van der Waals surface area contributed by atoms with Crippen LogP contribution in [0, 0.1) is 11.3 Å². The molecule has 38 heavy (non-hydrogen) atoms. The minimum Gasteiger partial charge on any atom is -0.445 e.